The van der Waals surface area contributed by atoms with Crippen LogP contribution in [0.2, 0.25) is 0 Å². The van der Waals surface area contributed by atoms with E-state index in [0.29, 0.717) is 5.69 Å². The average Bonchev–Trinajstić information content (AvgIpc) is 2.41. The Morgan fingerprint density at radius 2 is 2.10 bits per heavy atom. The third-order valence-corrected chi connectivity index (χ3v) is 2.76. The minimum Gasteiger partial charge on any atom is -0.397 e. The number of hydrogen-bond acceptors (Lipinski definition) is 4. The Kier molecular flexibility index (Phi) is 4.17. The van der Waals surface area contributed by atoms with E-state index in [9.17, 15) is 18.8 Å². The highest BCUT2D eigenvalue weighted by Crippen LogP contribution is 2.19. The molecule has 21 heavy (non-hydrogen) atoms. The van der Waals surface area contributed by atoms with E-state index in [1.807, 2.05) is 0 Å². The van der Waals surface area contributed by atoms with E-state index in [-0.39, 0.29) is 24.6 Å². The van der Waals surface area contributed by atoms with Gasteiger partial charge in [-0.2, -0.15) is 0 Å². The number of aromatic nitrogens is 2. The Hall–Kier alpha value is -2.90. The molecule has 2 rings (SSSR count). The van der Waals surface area contributed by atoms with Gasteiger partial charge in [0.1, 0.15) is 5.82 Å². The largest absolute Gasteiger partial charge is 0.397 e. The number of benzene rings is 1. The Balaban J connectivity index is 1.99. The van der Waals surface area contributed by atoms with Crippen LogP contribution in [0.3, 0.4) is 0 Å². The lowest BCUT2D eigenvalue weighted by Gasteiger charge is -2.08. The molecule has 1 aromatic heterocycles. The van der Waals surface area contributed by atoms with Crippen molar-refractivity contribution in [3.05, 3.63) is 57.1 Å². The lowest BCUT2D eigenvalue weighted by atomic mass is 10.2. The molecule has 0 radical (unpaired) electrons. The molecule has 0 aliphatic heterocycles. The summed E-state index contributed by atoms with van der Waals surface area (Å²) in [4.78, 5) is 36.2. The van der Waals surface area contributed by atoms with Crippen molar-refractivity contribution in [2.75, 3.05) is 11.1 Å². The molecule has 0 saturated carbocycles. The number of hydrogen-bond donors (Lipinski definition) is 3. The Bertz CT molecular complexity index is 781. The minimum atomic E-state index is -0.586. The number of rotatable bonds is 4. The number of nitrogens with zero attached hydrogens (tertiary/aromatic N) is 1. The summed E-state index contributed by atoms with van der Waals surface area (Å²) >= 11 is 0. The first-order chi connectivity index (χ1) is 9.95. The van der Waals surface area contributed by atoms with Crippen LogP contribution in [-0.2, 0) is 11.3 Å². The predicted molar refractivity (Wildman–Crippen MR) is 75.4 cm³/mol. The SMILES string of the molecule is Nc1cc(F)ccc1NC(=O)CCn1ccc(=O)[nH]c1=O. The van der Waals surface area contributed by atoms with Gasteiger partial charge in [0.2, 0.25) is 5.91 Å². The first-order valence-corrected chi connectivity index (χ1v) is 6.10. The van der Waals surface area contributed by atoms with Gasteiger partial charge >= 0.3 is 5.69 Å². The van der Waals surface area contributed by atoms with Crippen LogP contribution in [0.5, 0.6) is 0 Å². The maximum absolute atomic E-state index is 12.9. The van der Waals surface area contributed by atoms with Crippen LogP contribution in [0.15, 0.2) is 40.1 Å². The number of nitrogens with one attached hydrogen (secondary N) is 2. The smallest absolute Gasteiger partial charge is 0.328 e. The normalized spacial score (nSPS) is 10.3. The van der Waals surface area contributed by atoms with Crippen molar-refractivity contribution in [2.45, 2.75) is 13.0 Å². The van der Waals surface area contributed by atoms with Gasteiger partial charge in [0, 0.05) is 25.2 Å². The summed E-state index contributed by atoms with van der Waals surface area (Å²) in [5.41, 5.74) is 4.90. The molecule has 0 spiro atoms. The maximum Gasteiger partial charge on any atom is 0.328 e. The van der Waals surface area contributed by atoms with Crippen molar-refractivity contribution >= 4 is 17.3 Å². The molecule has 110 valence electrons. The zero-order chi connectivity index (χ0) is 15.4. The number of nitrogens with two attached hydrogens (primary N) is 1. The van der Waals surface area contributed by atoms with Crippen molar-refractivity contribution in [1.82, 2.24) is 9.55 Å². The number of nitrogen functional groups attached to an aromatic ring is 1. The molecule has 0 aliphatic carbocycles. The van der Waals surface area contributed by atoms with Crippen molar-refractivity contribution in [1.29, 1.82) is 0 Å². The van der Waals surface area contributed by atoms with Crippen LogP contribution in [0, 0.1) is 5.82 Å². The van der Waals surface area contributed by atoms with E-state index in [1.54, 1.807) is 0 Å². The van der Waals surface area contributed by atoms with Gasteiger partial charge in [0.25, 0.3) is 5.56 Å². The second-order valence-corrected chi connectivity index (χ2v) is 4.33. The van der Waals surface area contributed by atoms with E-state index in [1.165, 1.54) is 29.0 Å². The minimum absolute atomic E-state index is 0.00274. The zero-order valence-electron chi connectivity index (χ0n) is 10.9. The van der Waals surface area contributed by atoms with Crippen molar-refractivity contribution in [3.63, 3.8) is 0 Å². The molecule has 1 heterocycles. The third-order valence-electron chi connectivity index (χ3n) is 2.76. The Morgan fingerprint density at radius 1 is 1.33 bits per heavy atom. The van der Waals surface area contributed by atoms with Crippen LogP contribution in [0.25, 0.3) is 0 Å². The fourth-order valence-electron chi connectivity index (χ4n) is 1.70. The van der Waals surface area contributed by atoms with Crippen molar-refractivity contribution in [2.24, 2.45) is 0 Å². The van der Waals surface area contributed by atoms with E-state index in [0.717, 1.165) is 6.07 Å². The van der Waals surface area contributed by atoms with Gasteiger partial charge < -0.3 is 15.6 Å². The number of carbonyl (C=O) groups excluding carboxylic acids is 1. The summed E-state index contributed by atoms with van der Waals surface area (Å²) in [6.07, 6.45) is 1.31. The second kappa shape index (κ2) is 6.04. The Morgan fingerprint density at radius 3 is 2.76 bits per heavy atom. The molecule has 0 bridgehead atoms. The van der Waals surface area contributed by atoms with Crippen LogP contribution in [0.1, 0.15) is 6.42 Å². The highest BCUT2D eigenvalue weighted by molar-refractivity contribution is 5.93. The summed E-state index contributed by atoms with van der Waals surface area (Å²) in [6.45, 7) is 0.0997. The third kappa shape index (κ3) is 3.78. The highest BCUT2D eigenvalue weighted by atomic mass is 19.1. The molecule has 0 atom stereocenters. The number of H-pyrrole nitrogens is 1. The number of aryl methyl sites for hydroxylation is 1. The standard InChI is InChI=1S/C13H13FN4O3/c14-8-1-2-10(9(15)7-8)16-11(19)3-5-18-6-4-12(20)17-13(18)21/h1-2,4,6-7H,3,5,15H2,(H,16,19)(H,17,20,21). The molecule has 0 fully saturated rings. The molecule has 7 nitrogen and oxygen atoms in total. The number of halogens is 1. The molecule has 0 aliphatic rings. The first-order valence-electron chi connectivity index (χ1n) is 6.10. The van der Waals surface area contributed by atoms with Crippen LogP contribution >= 0.6 is 0 Å². The molecule has 1 amide bonds. The summed E-state index contributed by atoms with van der Waals surface area (Å²) < 4.78 is 14.1. The fourth-order valence-corrected chi connectivity index (χ4v) is 1.70. The number of aromatic amines is 1. The van der Waals surface area contributed by atoms with Crippen LogP contribution in [0.4, 0.5) is 15.8 Å². The molecule has 2 aromatic rings. The van der Waals surface area contributed by atoms with Gasteiger partial charge in [-0.05, 0) is 18.2 Å². The van der Waals surface area contributed by atoms with E-state index >= 15 is 0 Å². The quantitative estimate of drug-likeness (QED) is 0.703. The number of carbonyl (C=O) groups is 1. The highest BCUT2D eigenvalue weighted by Gasteiger charge is 2.07. The molecular formula is C13H13FN4O3. The topological polar surface area (TPSA) is 110 Å². The maximum atomic E-state index is 12.9. The number of amides is 1. The molecule has 8 heteroatoms. The second-order valence-electron chi connectivity index (χ2n) is 4.33. The molecule has 4 N–H and O–H groups in total. The van der Waals surface area contributed by atoms with E-state index < -0.39 is 17.1 Å². The van der Waals surface area contributed by atoms with Crippen molar-refractivity contribution < 1.29 is 9.18 Å². The average molecular weight is 292 g/mol. The van der Waals surface area contributed by atoms with Gasteiger partial charge in [-0.1, -0.05) is 0 Å². The Labute approximate surface area is 118 Å². The fraction of sp³-hybridized carbons (Fsp3) is 0.154. The molecule has 0 saturated heterocycles. The lowest BCUT2D eigenvalue weighted by molar-refractivity contribution is -0.116. The number of anilines is 2. The zero-order valence-corrected chi connectivity index (χ0v) is 10.9. The van der Waals surface area contributed by atoms with Gasteiger partial charge in [-0.3, -0.25) is 14.6 Å². The molecule has 0 unspecified atom stereocenters. The van der Waals surface area contributed by atoms with Gasteiger partial charge in [-0.25, -0.2) is 9.18 Å². The monoisotopic (exact) mass is 292 g/mol. The lowest BCUT2D eigenvalue weighted by Crippen LogP contribution is -2.29. The summed E-state index contributed by atoms with van der Waals surface area (Å²) in [5, 5.41) is 2.52. The van der Waals surface area contributed by atoms with E-state index in [4.69, 9.17) is 5.73 Å². The van der Waals surface area contributed by atoms with Crippen molar-refractivity contribution in [3.8, 4) is 0 Å². The summed E-state index contributed by atoms with van der Waals surface area (Å²) in [5.74, 6) is -0.878. The summed E-state index contributed by atoms with van der Waals surface area (Å²) in [7, 11) is 0. The molecule has 1 aromatic carbocycles. The van der Waals surface area contributed by atoms with Gasteiger partial charge in [0.05, 0.1) is 11.4 Å². The van der Waals surface area contributed by atoms with Crippen LogP contribution < -0.4 is 22.3 Å². The predicted octanol–water partition coefficient (Wildman–Crippen LogP) is 0.287. The molecular weight excluding hydrogens is 279 g/mol. The van der Waals surface area contributed by atoms with Crippen LogP contribution in [-0.4, -0.2) is 15.5 Å². The first kappa shape index (κ1) is 14.5. The summed E-state index contributed by atoms with van der Waals surface area (Å²) in [6, 6.07) is 4.83. The van der Waals surface area contributed by atoms with Gasteiger partial charge in [-0.15, -0.1) is 0 Å². The van der Waals surface area contributed by atoms with Gasteiger partial charge in [0.15, 0.2) is 0 Å². The van der Waals surface area contributed by atoms with E-state index in [2.05, 4.69) is 10.3 Å².